The normalized spacial score (nSPS) is 12.1. The third-order valence-corrected chi connectivity index (χ3v) is 5.46. The molecule has 0 aliphatic rings. The molecule has 194 valence electrons. The molecule has 3 rings (SSSR count). The van der Waals surface area contributed by atoms with Crippen molar-refractivity contribution in [2.45, 2.75) is 19.9 Å². The van der Waals surface area contributed by atoms with Crippen LogP contribution in [0.15, 0.2) is 60.4 Å². The minimum absolute atomic E-state index is 0.0752. The molecule has 3 aromatic rings. The molecule has 1 aromatic heterocycles. The predicted molar refractivity (Wildman–Crippen MR) is 141 cm³/mol. The first-order valence-electron chi connectivity index (χ1n) is 11.6. The van der Waals surface area contributed by atoms with E-state index in [-0.39, 0.29) is 23.4 Å². The molecule has 0 saturated heterocycles. The topological polar surface area (TPSA) is 138 Å². The van der Waals surface area contributed by atoms with Gasteiger partial charge in [0.25, 0.3) is 5.91 Å². The minimum atomic E-state index is -0.528. The van der Waals surface area contributed by atoms with E-state index in [1.165, 1.54) is 6.08 Å². The van der Waals surface area contributed by atoms with E-state index in [2.05, 4.69) is 20.6 Å². The van der Waals surface area contributed by atoms with Crippen molar-refractivity contribution in [2.24, 2.45) is 11.7 Å². The van der Waals surface area contributed by atoms with Gasteiger partial charge in [-0.2, -0.15) is 0 Å². The summed E-state index contributed by atoms with van der Waals surface area (Å²) in [5, 5.41) is 5.64. The average Bonchev–Trinajstić information content (AvgIpc) is 2.89. The lowest BCUT2D eigenvalue weighted by molar-refractivity contribution is -0.137. The third kappa shape index (κ3) is 7.05. The number of rotatable bonds is 10. The Hall–Kier alpha value is -4.44. The van der Waals surface area contributed by atoms with Crippen LogP contribution >= 0.6 is 0 Å². The fourth-order valence-corrected chi connectivity index (χ4v) is 3.52. The van der Waals surface area contributed by atoms with E-state index in [9.17, 15) is 9.59 Å². The minimum Gasteiger partial charge on any atom is -0.493 e. The average molecular weight is 506 g/mol. The molecule has 37 heavy (non-hydrogen) atoms. The van der Waals surface area contributed by atoms with Gasteiger partial charge in [0.1, 0.15) is 17.5 Å². The lowest BCUT2D eigenvalue weighted by atomic mass is 10.1. The standard InChI is InChI=1S/C27H31N5O5/c1-16(2)25(29-3)27(34)37-19-9-7-18(8-10-19)31-26(33)20(28)15-24-30-13-12-21(32-24)17-6-11-22(35-4)23(14-17)36-5/h6-16,25,29H,28H2,1-5H3,(H,31,33)/b20-15-. The van der Waals surface area contributed by atoms with Crippen molar-refractivity contribution in [3.8, 4) is 28.5 Å². The largest absolute Gasteiger partial charge is 0.493 e. The summed E-state index contributed by atoms with van der Waals surface area (Å²) < 4.78 is 16.0. The number of nitrogens with zero attached hydrogens (tertiary/aromatic N) is 2. The molecular formula is C27H31N5O5. The zero-order valence-electron chi connectivity index (χ0n) is 21.4. The molecule has 0 aliphatic heterocycles. The first kappa shape index (κ1) is 27.2. The van der Waals surface area contributed by atoms with E-state index < -0.39 is 11.9 Å². The highest BCUT2D eigenvalue weighted by molar-refractivity contribution is 6.05. The van der Waals surface area contributed by atoms with Crippen LogP contribution in [0.4, 0.5) is 5.69 Å². The van der Waals surface area contributed by atoms with Crippen LogP contribution in [0.5, 0.6) is 17.2 Å². The monoisotopic (exact) mass is 505 g/mol. The number of nitrogens with one attached hydrogen (secondary N) is 2. The second-order valence-electron chi connectivity index (χ2n) is 8.38. The van der Waals surface area contributed by atoms with Gasteiger partial charge < -0.3 is 30.6 Å². The van der Waals surface area contributed by atoms with Crippen LogP contribution in [-0.2, 0) is 9.59 Å². The maximum Gasteiger partial charge on any atom is 0.328 e. The fourth-order valence-electron chi connectivity index (χ4n) is 3.52. The summed E-state index contributed by atoms with van der Waals surface area (Å²) >= 11 is 0. The van der Waals surface area contributed by atoms with Gasteiger partial charge in [-0.05, 0) is 61.5 Å². The van der Waals surface area contributed by atoms with Gasteiger partial charge in [-0.1, -0.05) is 13.8 Å². The number of hydrogen-bond donors (Lipinski definition) is 3. The Morgan fingerprint density at radius 1 is 1.00 bits per heavy atom. The SMILES string of the molecule is CNC(C(=O)Oc1ccc(NC(=O)/C(N)=C/c2nccc(-c3ccc(OC)c(OC)c3)n2)cc1)C(C)C. The van der Waals surface area contributed by atoms with Crippen molar-refractivity contribution in [3.05, 3.63) is 66.2 Å². The van der Waals surface area contributed by atoms with Crippen LogP contribution in [0.2, 0.25) is 0 Å². The van der Waals surface area contributed by atoms with E-state index in [0.717, 1.165) is 5.56 Å². The van der Waals surface area contributed by atoms with Crippen molar-refractivity contribution in [2.75, 3.05) is 26.6 Å². The van der Waals surface area contributed by atoms with Gasteiger partial charge in [0.05, 0.1) is 19.9 Å². The number of hydrogen-bond acceptors (Lipinski definition) is 9. The predicted octanol–water partition coefficient (Wildman–Crippen LogP) is 3.25. The second-order valence-corrected chi connectivity index (χ2v) is 8.38. The van der Waals surface area contributed by atoms with Crippen molar-refractivity contribution in [1.82, 2.24) is 15.3 Å². The van der Waals surface area contributed by atoms with Crippen molar-refractivity contribution < 1.29 is 23.8 Å². The number of carbonyl (C=O) groups excluding carboxylic acids is 2. The van der Waals surface area contributed by atoms with Gasteiger partial charge in [0, 0.05) is 23.5 Å². The number of nitrogens with two attached hydrogens (primary N) is 1. The summed E-state index contributed by atoms with van der Waals surface area (Å²) in [5.74, 6) is 0.980. The summed E-state index contributed by atoms with van der Waals surface area (Å²) in [6.07, 6.45) is 2.97. The number of amides is 1. The number of esters is 1. The van der Waals surface area contributed by atoms with Crippen LogP contribution in [0.3, 0.4) is 0 Å². The summed E-state index contributed by atoms with van der Waals surface area (Å²) in [6, 6.07) is 13.2. The summed E-state index contributed by atoms with van der Waals surface area (Å²) in [6.45, 7) is 3.85. The number of ether oxygens (including phenoxy) is 3. The zero-order chi connectivity index (χ0) is 26.9. The zero-order valence-corrected chi connectivity index (χ0v) is 21.4. The van der Waals surface area contributed by atoms with Gasteiger partial charge in [0.2, 0.25) is 0 Å². The Bertz CT molecular complexity index is 1270. The van der Waals surface area contributed by atoms with E-state index >= 15 is 0 Å². The number of likely N-dealkylation sites (N-methyl/N-ethyl adjacent to an activating group) is 1. The Morgan fingerprint density at radius 3 is 2.32 bits per heavy atom. The molecule has 0 fully saturated rings. The van der Waals surface area contributed by atoms with Gasteiger partial charge in [-0.25, -0.2) is 14.8 Å². The number of aromatic nitrogens is 2. The smallest absolute Gasteiger partial charge is 0.328 e. The first-order valence-corrected chi connectivity index (χ1v) is 11.6. The van der Waals surface area contributed by atoms with Crippen molar-refractivity contribution >= 4 is 23.6 Å². The Labute approximate surface area is 215 Å². The molecule has 1 amide bonds. The van der Waals surface area contributed by atoms with Gasteiger partial charge >= 0.3 is 5.97 Å². The van der Waals surface area contributed by atoms with Crippen molar-refractivity contribution in [3.63, 3.8) is 0 Å². The van der Waals surface area contributed by atoms with Crippen LogP contribution in [0.25, 0.3) is 17.3 Å². The highest BCUT2D eigenvalue weighted by atomic mass is 16.5. The molecule has 1 atom stereocenters. The maximum absolute atomic E-state index is 12.6. The first-order chi connectivity index (χ1) is 17.7. The summed E-state index contributed by atoms with van der Waals surface area (Å²) in [7, 11) is 4.83. The molecule has 0 saturated carbocycles. The van der Waals surface area contributed by atoms with E-state index in [0.29, 0.717) is 28.6 Å². The number of carbonyl (C=O) groups is 2. The molecule has 0 aliphatic carbocycles. The Morgan fingerprint density at radius 2 is 1.70 bits per heavy atom. The van der Waals surface area contributed by atoms with E-state index in [1.54, 1.807) is 69.9 Å². The molecule has 4 N–H and O–H groups in total. The van der Waals surface area contributed by atoms with E-state index in [4.69, 9.17) is 19.9 Å². The van der Waals surface area contributed by atoms with Crippen LogP contribution in [0.1, 0.15) is 19.7 Å². The molecule has 1 heterocycles. The molecule has 2 aromatic carbocycles. The van der Waals surface area contributed by atoms with Crippen molar-refractivity contribution in [1.29, 1.82) is 0 Å². The quantitative estimate of drug-likeness (QED) is 0.215. The van der Waals surface area contributed by atoms with Gasteiger partial charge in [-0.15, -0.1) is 0 Å². The molecular weight excluding hydrogens is 474 g/mol. The molecule has 1 unspecified atom stereocenters. The lowest BCUT2D eigenvalue weighted by Crippen LogP contribution is -2.41. The number of anilines is 1. The van der Waals surface area contributed by atoms with Gasteiger partial charge in [-0.3, -0.25) is 4.79 Å². The Kier molecular flexibility index (Phi) is 9.17. The number of methoxy groups -OCH3 is 2. The molecule has 0 spiro atoms. The fraction of sp³-hybridized carbons (Fsp3) is 0.259. The maximum atomic E-state index is 12.6. The highest BCUT2D eigenvalue weighted by Crippen LogP contribution is 2.31. The molecule has 0 radical (unpaired) electrons. The van der Waals surface area contributed by atoms with Crippen LogP contribution in [0, 0.1) is 5.92 Å². The molecule has 0 bridgehead atoms. The molecule has 10 heteroatoms. The highest BCUT2D eigenvalue weighted by Gasteiger charge is 2.22. The summed E-state index contributed by atoms with van der Waals surface area (Å²) in [4.78, 5) is 33.6. The van der Waals surface area contributed by atoms with Gasteiger partial charge in [0.15, 0.2) is 17.3 Å². The number of benzene rings is 2. The van der Waals surface area contributed by atoms with Crippen LogP contribution in [-0.4, -0.2) is 49.2 Å². The summed E-state index contributed by atoms with van der Waals surface area (Å²) in [5.41, 5.74) is 7.81. The van der Waals surface area contributed by atoms with Crippen LogP contribution < -0.4 is 30.6 Å². The second kappa shape index (κ2) is 12.5. The lowest BCUT2D eigenvalue weighted by Gasteiger charge is -2.18. The van der Waals surface area contributed by atoms with E-state index in [1.807, 2.05) is 19.9 Å². The Balaban J connectivity index is 1.68. The molecule has 10 nitrogen and oxygen atoms in total. The third-order valence-electron chi connectivity index (χ3n) is 5.46.